The number of alkyl halides is 3. The zero-order valence-corrected chi connectivity index (χ0v) is 12.0. The molecule has 0 amide bonds. The van der Waals surface area contributed by atoms with Gasteiger partial charge in [0, 0.05) is 11.6 Å². The van der Waals surface area contributed by atoms with E-state index in [0.717, 1.165) is 0 Å². The van der Waals surface area contributed by atoms with Gasteiger partial charge in [0.1, 0.15) is 11.5 Å². The summed E-state index contributed by atoms with van der Waals surface area (Å²) in [6.45, 7) is 2.28. The minimum Gasteiger partial charge on any atom is -0.389 e. The van der Waals surface area contributed by atoms with Crippen molar-refractivity contribution in [2.24, 2.45) is 5.73 Å². The molecule has 0 spiro atoms. The third-order valence-corrected chi connectivity index (χ3v) is 3.05. The number of nitrogens with two attached hydrogens (primary N) is 1. The Morgan fingerprint density at radius 3 is 2.37 bits per heavy atom. The van der Waals surface area contributed by atoms with Gasteiger partial charge in [-0.05, 0) is 32.0 Å². The fraction of sp³-hybridized carbons (Fsp3) is 0.417. The predicted molar refractivity (Wildman–Crippen MR) is 75.9 cm³/mol. The fourth-order valence-corrected chi connectivity index (χ4v) is 2.05. The van der Waals surface area contributed by atoms with Crippen LogP contribution in [0.1, 0.15) is 19.4 Å². The quantitative estimate of drug-likeness (QED) is 0.859. The highest BCUT2D eigenvalue weighted by Gasteiger charge is 2.32. The standard InChI is InChI=1S/C12H14ClF3N2S/c1-7(2)18(6-12(14,15)16)10-4-3-8(11(17)19)5-9(10)13/h3-5,7H,6H2,1-2H3,(H2,17,19). The third-order valence-electron chi connectivity index (χ3n) is 2.51. The monoisotopic (exact) mass is 310 g/mol. The first-order valence-corrected chi connectivity index (χ1v) is 6.33. The molecule has 1 aromatic carbocycles. The molecule has 7 heteroatoms. The van der Waals surface area contributed by atoms with E-state index >= 15 is 0 Å². The Bertz CT molecular complexity index is 475. The second kappa shape index (κ2) is 5.96. The SMILES string of the molecule is CC(C)N(CC(F)(F)F)c1ccc(C(N)=S)cc1Cl. The lowest BCUT2D eigenvalue weighted by atomic mass is 10.1. The van der Waals surface area contributed by atoms with E-state index in [1.165, 1.54) is 17.0 Å². The van der Waals surface area contributed by atoms with Crippen molar-refractivity contribution in [1.29, 1.82) is 0 Å². The number of hydrogen-bond donors (Lipinski definition) is 1. The van der Waals surface area contributed by atoms with Gasteiger partial charge >= 0.3 is 6.18 Å². The molecule has 0 aliphatic rings. The van der Waals surface area contributed by atoms with Crippen LogP contribution in [0.5, 0.6) is 0 Å². The first-order chi connectivity index (χ1) is 8.61. The lowest BCUT2D eigenvalue weighted by Crippen LogP contribution is -2.39. The average molecular weight is 311 g/mol. The summed E-state index contributed by atoms with van der Waals surface area (Å²) in [4.78, 5) is 1.34. The van der Waals surface area contributed by atoms with Gasteiger partial charge in [-0.1, -0.05) is 23.8 Å². The second-order valence-electron chi connectivity index (χ2n) is 4.37. The number of benzene rings is 1. The van der Waals surface area contributed by atoms with Crippen molar-refractivity contribution >= 4 is 34.5 Å². The van der Waals surface area contributed by atoms with Crippen LogP contribution in [0.15, 0.2) is 18.2 Å². The van der Waals surface area contributed by atoms with Crippen LogP contribution in [0.25, 0.3) is 0 Å². The Balaban J connectivity index is 3.14. The van der Waals surface area contributed by atoms with Crippen LogP contribution in [0.3, 0.4) is 0 Å². The van der Waals surface area contributed by atoms with E-state index < -0.39 is 12.7 Å². The Kier molecular flexibility index (Phi) is 5.04. The van der Waals surface area contributed by atoms with Crippen LogP contribution in [-0.4, -0.2) is 23.8 Å². The van der Waals surface area contributed by atoms with Crippen LogP contribution >= 0.6 is 23.8 Å². The van der Waals surface area contributed by atoms with Crippen LogP contribution < -0.4 is 10.6 Å². The highest BCUT2D eigenvalue weighted by Crippen LogP contribution is 2.31. The van der Waals surface area contributed by atoms with Crippen LogP contribution in [0.4, 0.5) is 18.9 Å². The van der Waals surface area contributed by atoms with Gasteiger partial charge < -0.3 is 10.6 Å². The zero-order valence-electron chi connectivity index (χ0n) is 10.5. The summed E-state index contributed by atoms with van der Waals surface area (Å²) < 4.78 is 37.7. The molecule has 0 bridgehead atoms. The molecule has 1 aromatic rings. The van der Waals surface area contributed by atoms with Crippen LogP contribution in [0, 0.1) is 0 Å². The summed E-state index contributed by atoms with van der Waals surface area (Å²) in [7, 11) is 0. The van der Waals surface area contributed by atoms with Gasteiger partial charge in [-0.25, -0.2) is 0 Å². The normalized spacial score (nSPS) is 11.7. The number of thiocarbonyl (C=S) groups is 1. The van der Waals surface area contributed by atoms with E-state index in [1.54, 1.807) is 19.9 Å². The topological polar surface area (TPSA) is 29.3 Å². The summed E-state index contributed by atoms with van der Waals surface area (Å²) in [5.41, 5.74) is 6.29. The molecule has 0 aromatic heterocycles. The number of halogens is 4. The summed E-state index contributed by atoms with van der Waals surface area (Å²) in [6, 6.07) is 4.21. The van der Waals surface area contributed by atoms with Gasteiger partial charge in [0.05, 0.1) is 10.7 Å². The molecule has 0 aliphatic heterocycles. The fourth-order valence-electron chi connectivity index (χ4n) is 1.63. The summed E-state index contributed by atoms with van der Waals surface area (Å²) >= 11 is 10.8. The van der Waals surface area contributed by atoms with E-state index in [9.17, 15) is 13.2 Å². The van der Waals surface area contributed by atoms with Gasteiger partial charge in [-0.3, -0.25) is 0 Å². The van der Waals surface area contributed by atoms with E-state index in [0.29, 0.717) is 11.3 Å². The minimum absolute atomic E-state index is 0.153. The maximum atomic E-state index is 12.6. The molecule has 0 saturated carbocycles. The molecule has 0 heterocycles. The maximum absolute atomic E-state index is 12.6. The molecule has 0 saturated heterocycles. The molecule has 2 nitrogen and oxygen atoms in total. The highest BCUT2D eigenvalue weighted by molar-refractivity contribution is 7.80. The van der Waals surface area contributed by atoms with Crippen molar-refractivity contribution in [3.8, 4) is 0 Å². The van der Waals surface area contributed by atoms with Crippen molar-refractivity contribution in [2.75, 3.05) is 11.4 Å². The first kappa shape index (κ1) is 16.0. The molecule has 19 heavy (non-hydrogen) atoms. The van der Waals surface area contributed by atoms with E-state index in [2.05, 4.69) is 0 Å². The van der Waals surface area contributed by atoms with Gasteiger partial charge in [0.25, 0.3) is 0 Å². The molecule has 0 atom stereocenters. The largest absolute Gasteiger partial charge is 0.405 e. The maximum Gasteiger partial charge on any atom is 0.405 e. The summed E-state index contributed by atoms with van der Waals surface area (Å²) in [5, 5.41) is 0.197. The van der Waals surface area contributed by atoms with Crippen LogP contribution in [-0.2, 0) is 0 Å². The van der Waals surface area contributed by atoms with E-state index in [-0.39, 0.29) is 16.1 Å². The minimum atomic E-state index is -4.30. The molecular formula is C12H14ClF3N2S. The molecule has 2 N–H and O–H groups in total. The smallest absolute Gasteiger partial charge is 0.389 e. The van der Waals surface area contributed by atoms with Crippen LogP contribution in [0.2, 0.25) is 5.02 Å². The molecule has 0 fully saturated rings. The van der Waals surface area contributed by atoms with Gasteiger partial charge in [0.15, 0.2) is 0 Å². The Morgan fingerprint density at radius 2 is 2.00 bits per heavy atom. The number of nitrogens with zero attached hydrogens (tertiary/aromatic N) is 1. The second-order valence-corrected chi connectivity index (χ2v) is 5.21. The molecular weight excluding hydrogens is 297 g/mol. The van der Waals surface area contributed by atoms with Crippen molar-refractivity contribution in [3.63, 3.8) is 0 Å². The number of rotatable bonds is 4. The van der Waals surface area contributed by atoms with Crippen molar-refractivity contribution < 1.29 is 13.2 Å². The Labute approximate surface area is 120 Å². The first-order valence-electron chi connectivity index (χ1n) is 5.54. The number of anilines is 1. The van der Waals surface area contributed by atoms with Crippen molar-refractivity contribution in [2.45, 2.75) is 26.1 Å². The highest BCUT2D eigenvalue weighted by atomic mass is 35.5. The molecule has 106 valence electrons. The van der Waals surface area contributed by atoms with E-state index in [4.69, 9.17) is 29.6 Å². The Hall–Kier alpha value is -1.01. The third kappa shape index (κ3) is 4.54. The summed E-state index contributed by atoms with van der Waals surface area (Å²) in [6.07, 6.45) is -4.30. The van der Waals surface area contributed by atoms with E-state index in [1.807, 2.05) is 0 Å². The zero-order chi connectivity index (χ0) is 14.8. The van der Waals surface area contributed by atoms with Crippen molar-refractivity contribution in [3.05, 3.63) is 28.8 Å². The molecule has 0 radical (unpaired) electrons. The average Bonchev–Trinajstić information content (AvgIpc) is 2.24. The van der Waals surface area contributed by atoms with Gasteiger partial charge in [0.2, 0.25) is 0 Å². The summed E-state index contributed by atoms with van der Waals surface area (Å²) in [5.74, 6) is 0. The Morgan fingerprint density at radius 1 is 1.42 bits per heavy atom. The number of hydrogen-bond acceptors (Lipinski definition) is 2. The van der Waals surface area contributed by atoms with Gasteiger partial charge in [-0.15, -0.1) is 0 Å². The lowest BCUT2D eigenvalue weighted by Gasteiger charge is -2.30. The van der Waals surface area contributed by atoms with Crippen molar-refractivity contribution in [1.82, 2.24) is 0 Å². The lowest BCUT2D eigenvalue weighted by molar-refractivity contribution is -0.120. The molecule has 0 aliphatic carbocycles. The van der Waals surface area contributed by atoms with Gasteiger partial charge in [-0.2, -0.15) is 13.2 Å². The molecule has 0 unspecified atom stereocenters. The predicted octanol–water partition coefficient (Wildman–Crippen LogP) is 3.75. The molecule has 1 rings (SSSR count).